The Morgan fingerprint density at radius 2 is 1.74 bits per heavy atom. The molecule has 0 aliphatic heterocycles. The van der Waals surface area contributed by atoms with Gasteiger partial charge in [-0.05, 0) is 24.3 Å². The molecule has 0 spiro atoms. The Bertz CT molecular complexity index is 496. The summed E-state index contributed by atoms with van der Waals surface area (Å²) < 4.78 is 10.1. The molecule has 0 saturated carbocycles. The first-order chi connectivity index (χ1) is 8.99. The molecule has 102 valence electrons. The Labute approximate surface area is 119 Å². The van der Waals surface area contributed by atoms with Crippen molar-refractivity contribution in [1.82, 2.24) is 0 Å². The molecule has 0 aliphatic rings. The van der Waals surface area contributed by atoms with Crippen molar-refractivity contribution in [3.8, 4) is 0 Å². The van der Waals surface area contributed by atoms with Crippen LogP contribution < -0.4 is 4.90 Å². The van der Waals surface area contributed by atoms with Gasteiger partial charge in [-0.25, -0.2) is 9.59 Å². The third-order valence-corrected chi connectivity index (χ3v) is 2.95. The number of carbonyl (C=O) groups is 2. The maximum atomic E-state index is 11.7. The highest BCUT2D eigenvalue weighted by atomic mass is 79.9. The largest absolute Gasteiger partial charge is 0.466 e. The van der Waals surface area contributed by atoms with Crippen molar-refractivity contribution in [2.75, 3.05) is 26.2 Å². The van der Waals surface area contributed by atoms with Gasteiger partial charge in [-0.2, -0.15) is 0 Å². The molecule has 1 aromatic carbocycles. The van der Waals surface area contributed by atoms with E-state index in [0.29, 0.717) is 0 Å². The summed E-state index contributed by atoms with van der Waals surface area (Å²) in [4.78, 5) is 24.5. The van der Waals surface area contributed by atoms with E-state index >= 15 is 0 Å². The molecule has 0 atom stereocenters. The lowest BCUT2D eigenvalue weighted by atomic mass is 10.2. The van der Waals surface area contributed by atoms with Crippen LogP contribution in [0, 0.1) is 0 Å². The average Bonchev–Trinajstić information content (AvgIpc) is 2.43. The molecule has 1 rings (SSSR count). The van der Waals surface area contributed by atoms with Gasteiger partial charge in [-0.1, -0.05) is 15.9 Å². The van der Waals surface area contributed by atoms with Gasteiger partial charge in [0.05, 0.1) is 20.3 Å². The molecular weight excluding hydrogens is 314 g/mol. The van der Waals surface area contributed by atoms with Crippen LogP contribution >= 0.6 is 15.9 Å². The van der Waals surface area contributed by atoms with E-state index in [2.05, 4.69) is 25.4 Å². The molecule has 19 heavy (non-hydrogen) atoms. The van der Waals surface area contributed by atoms with Gasteiger partial charge in [-0.3, -0.25) is 0 Å². The summed E-state index contributed by atoms with van der Waals surface area (Å²) in [5.74, 6) is -1.24. The number of rotatable bonds is 4. The highest BCUT2D eigenvalue weighted by Gasteiger charge is 2.18. The molecule has 0 saturated heterocycles. The van der Waals surface area contributed by atoms with Crippen LogP contribution in [0.5, 0.6) is 0 Å². The molecule has 0 fully saturated rings. The molecule has 0 radical (unpaired) electrons. The third kappa shape index (κ3) is 4.10. The number of benzene rings is 1. The van der Waals surface area contributed by atoms with E-state index in [4.69, 9.17) is 0 Å². The number of hydrogen-bond acceptors (Lipinski definition) is 5. The Balaban J connectivity index is 3.10. The summed E-state index contributed by atoms with van der Waals surface area (Å²) in [5, 5.41) is 0. The lowest BCUT2D eigenvalue weighted by Gasteiger charge is -2.20. The molecular formula is C13H14BrNO4. The molecule has 0 unspecified atom stereocenters. The fourth-order valence-corrected chi connectivity index (χ4v) is 1.64. The normalized spacial score (nSPS) is 10.8. The molecule has 6 heteroatoms. The highest BCUT2D eigenvalue weighted by molar-refractivity contribution is 9.10. The van der Waals surface area contributed by atoms with Gasteiger partial charge in [0, 0.05) is 17.2 Å². The number of hydrogen-bond donors (Lipinski definition) is 0. The van der Waals surface area contributed by atoms with Gasteiger partial charge in [0.1, 0.15) is 5.70 Å². The van der Waals surface area contributed by atoms with Crippen molar-refractivity contribution in [2.24, 2.45) is 0 Å². The van der Waals surface area contributed by atoms with Crippen LogP contribution in [0.4, 0.5) is 5.69 Å². The van der Waals surface area contributed by atoms with Crippen LogP contribution in [0.25, 0.3) is 0 Å². The molecule has 0 aliphatic carbocycles. The first kappa shape index (κ1) is 15.2. The molecule has 0 heterocycles. The quantitative estimate of drug-likeness (QED) is 0.626. The number of anilines is 1. The second kappa shape index (κ2) is 6.94. The van der Waals surface area contributed by atoms with Crippen LogP contribution in [-0.2, 0) is 19.1 Å². The zero-order valence-corrected chi connectivity index (χ0v) is 12.4. The van der Waals surface area contributed by atoms with E-state index in [-0.39, 0.29) is 5.70 Å². The first-order valence-corrected chi connectivity index (χ1v) is 6.16. The van der Waals surface area contributed by atoms with Crippen LogP contribution in [0.3, 0.4) is 0 Å². The van der Waals surface area contributed by atoms with Crippen LogP contribution in [-0.4, -0.2) is 33.2 Å². The fourth-order valence-electron chi connectivity index (χ4n) is 1.37. The number of esters is 2. The van der Waals surface area contributed by atoms with Crippen molar-refractivity contribution >= 4 is 33.6 Å². The van der Waals surface area contributed by atoms with Gasteiger partial charge in [0.2, 0.25) is 0 Å². The number of carbonyl (C=O) groups excluding carboxylic acids is 2. The summed E-state index contributed by atoms with van der Waals surface area (Å²) in [6.07, 6.45) is 1.09. The van der Waals surface area contributed by atoms with E-state index in [9.17, 15) is 9.59 Å². The van der Waals surface area contributed by atoms with E-state index in [0.717, 1.165) is 16.2 Å². The molecule has 0 bridgehead atoms. The van der Waals surface area contributed by atoms with E-state index in [1.165, 1.54) is 14.2 Å². The molecule has 1 aromatic rings. The Kier molecular flexibility index (Phi) is 5.57. The van der Waals surface area contributed by atoms with Gasteiger partial charge < -0.3 is 14.4 Å². The fraction of sp³-hybridized carbons (Fsp3) is 0.231. The zero-order valence-electron chi connectivity index (χ0n) is 10.8. The maximum absolute atomic E-state index is 11.7. The van der Waals surface area contributed by atoms with E-state index in [1.54, 1.807) is 24.1 Å². The van der Waals surface area contributed by atoms with Crippen molar-refractivity contribution < 1.29 is 19.1 Å². The molecule has 0 amide bonds. The predicted molar refractivity (Wildman–Crippen MR) is 74.7 cm³/mol. The number of ether oxygens (including phenoxy) is 2. The minimum absolute atomic E-state index is 0.0941. The summed E-state index contributed by atoms with van der Waals surface area (Å²) in [6.45, 7) is 0. The van der Waals surface area contributed by atoms with E-state index in [1.807, 2.05) is 12.1 Å². The van der Waals surface area contributed by atoms with Crippen LogP contribution in [0.1, 0.15) is 0 Å². The highest BCUT2D eigenvalue weighted by Crippen LogP contribution is 2.21. The number of halogens is 1. The van der Waals surface area contributed by atoms with Crippen LogP contribution in [0.15, 0.2) is 40.5 Å². The zero-order chi connectivity index (χ0) is 14.4. The molecule has 0 aromatic heterocycles. The van der Waals surface area contributed by atoms with Crippen molar-refractivity contribution in [3.63, 3.8) is 0 Å². The Morgan fingerprint density at radius 1 is 1.16 bits per heavy atom. The first-order valence-electron chi connectivity index (χ1n) is 5.37. The van der Waals surface area contributed by atoms with Crippen molar-refractivity contribution in [3.05, 3.63) is 40.5 Å². The molecule has 5 nitrogen and oxygen atoms in total. The minimum atomic E-state index is -0.621. The van der Waals surface area contributed by atoms with E-state index < -0.39 is 11.9 Å². The van der Waals surface area contributed by atoms with Gasteiger partial charge in [-0.15, -0.1) is 0 Å². The standard InChI is InChI=1S/C13H14BrNO4/c1-15(10-6-4-9(14)5-7-10)11(13(17)19-3)8-12(16)18-2/h4-8H,1-3H3. The topological polar surface area (TPSA) is 55.8 Å². The minimum Gasteiger partial charge on any atom is -0.466 e. The maximum Gasteiger partial charge on any atom is 0.354 e. The monoisotopic (exact) mass is 327 g/mol. The second-order valence-electron chi connectivity index (χ2n) is 3.58. The lowest BCUT2D eigenvalue weighted by molar-refractivity contribution is -0.138. The second-order valence-corrected chi connectivity index (χ2v) is 4.50. The SMILES string of the molecule is COC(=O)C=C(C(=O)OC)N(C)c1ccc(Br)cc1. The third-order valence-electron chi connectivity index (χ3n) is 2.43. The Hall–Kier alpha value is -1.82. The van der Waals surface area contributed by atoms with Crippen LogP contribution in [0.2, 0.25) is 0 Å². The lowest BCUT2D eigenvalue weighted by Crippen LogP contribution is -2.25. The average molecular weight is 328 g/mol. The van der Waals surface area contributed by atoms with Crippen molar-refractivity contribution in [2.45, 2.75) is 0 Å². The summed E-state index contributed by atoms with van der Waals surface area (Å²) in [6, 6.07) is 7.27. The van der Waals surface area contributed by atoms with Crippen molar-refractivity contribution in [1.29, 1.82) is 0 Å². The smallest absolute Gasteiger partial charge is 0.354 e. The van der Waals surface area contributed by atoms with Gasteiger partial charge >= 0.3 is 11.9 Å². The Morgan fingerprint density at radius 3 is 2.21 bits per heavy atom. The predicted octanol–water partition coefficient (Wildman–Crippen LogP) is 2.12. The number of likely N-dealkylation sites (N-methyl/N-ethyl adjacent to an activating group) is 1. The number of methoxy groups -OCH3 is 2. The summed E-state index contributed by atoms with van der Waals surface area (Å²) >= 11 is 3.33. The van der Waals surface area contributed by atoms with Gasteiger partial charge in [0.25, 0.3) is 0 Å². The number of nitrogens with zero attached hydrogens (tertiary/aromatic N) is 1. The molecule has 0 N–H and O–H groups in total. The van der Waals surface area contributed by atoms with Gasteiger partial charge in [0.15, 0.2) is 0 Å². The summed E-state index contributed by atoms with van der Waals surface area (Å²) in [7, 11) is 4.16. The summed E-state index contributed by atoms with van der Waals surface area (Å²) in [5.41, 5.74) is 0.834.